The second-order valence-electron chi connectivity index (χ2n) is 4.91. The summed E-state index contributed by atoms with van der Waals surface area (Å²) in [6, 6.07) is 0. The van der Waals surface area contributed by atoms with Crippen LogP contribution in [0.4, 0.5) is 11.8 Å². The van der Waals surface area contributed by atoms with Gasteiger partial charge in [0.25, 0.3) is 0 Å². The summed E-state index contributed by atoms with van der Waals surface area (Å²) in [5.74, 6) is 1.37. The molecule has 1 aromatic heterocycles. The van der Waals surface area contributed by atoms with Crippen molar-refractivity contribution in [3.8, 4) is 0 Å². The summed E-state index contributed by atoms with van der Waals surface area (Å²) >= 11 is 8.08. The number of hydrogen-bond acceptors (Lipinski definition) is 5. The van der Waals surface area contributed by atoms with Crippen LogP contribution in [0.15, 0.2) is 6.20 Å². The molecule has 2 rings (SSSR count). The minimum Gasteiger partial charge on any atom is -0.367 e. The van der Waals surface area contributed by atoms with Crippen molar-refractivity contribution in [1.82, 2.24) is 9.97 Å². The van der Waals surface area contributed by atoms with Gasteiger partial charge in [0.05, 0.1) is 6.20 Å². The Morgan fingerprint density at radius 1 is 1.42 bits per heavy atom. The molecule has 1 aliphatic rings. The molecule has 0 atom stereocenters. The second kappa shape index (κ2) is 6.66. The molecule has 0 radical (unpaired) electrons. The molecule has 6 heteroatoms. The Balaban J connectivity index is 1.98. The molecule has 2 N–H and O–H groups in total. The molecule has 0 saturated heterocycles. The standard InChI is InChI=1S/C13H21ClN4S/c1-3-7-15-12-16-8-10(14)11(18-12)17-9-13(19-2)5-4-6-13/h8H,3-7,9H2,1-2H3,(H2,15,16,17,18). The monoisotopic (exact) mass is 300 g/mol. The van der Waals surface area contributed by atoms with Gasteiger partial charge < -0.3 is 10.6 Å². The van der Waals surface area contributed by atoms with Crippen molar-refractivity contribution < 1.29 is 0 Å². The van der Waals surface area contributed by atoms with Gasteiger partial charge in [0.1, 0.15) is 5.02 Å². The highest BCUT2D eigenvalue weighted by atomic mass is 35.5. The third-order valence-electron chi connectivity index (χ3n) is 3.55. The third kappa shape index (κ3) is 3.66. The first-order valence-electron chi connectivity index (χ1n) is 6.74. The minimum atomic E-state index is 0.366. The highest BCUT2D eigenvalue weighted by Crippen LogP contribution is 2.42. The zero-order valence-electron chi connectivity index (χ0n) is 11.5. The van der Waals surface area contributed by atoms with E-state index >= 15 is 0 Å². The number of hydrogen-bond donors (Lipinski definition) is 2. The fraction of sp³-hybridized carbons (Fsp3) is 0.692. The molecule has 0 aliphatic heterocycles. The van der Waals surface area contributed by atoms with Crippen molar-refractivity contribution in [3.63, 3.8) is 0 Å². The number of nitrogens with zero attached hydrogens (tertiary/aromatic N) is 2. The number of rotatable bonds is 7. The van der Waals surface area contributed by atoms with E-state index in [2.05, 4.69) is 33.8 Å². The molecule has 0 spiro atoms. The van der Waals surface area contributed by atoms with Gasteiger partial charge in [0.15, 0.2) is 5.82 Å². The Morgan fingerprint density at radius 3 is 2.79 bits per heavy atom. The van der Waals surface area contributed by atoms with Crippen molar-refractivity contribution >= 4 is 35.1 Å². The number of aromatic nitrogens is 2. The summed E-state index contributed by atoms with van der Waals surface area (Å²) in [4.78, 5) is 8.61. The number of anilines is 2. The molecule has 1 heterocycles. The second-order valence-corrected chi connectivity index (χ2v) is 6.59. The molecule has 0 unspecified atom stereocenters. The van der Waals surface area contributed by atoms with E-state index in [9.17, 15) is 0 Å². The van der Waals surface area contributed by atoms with Crippen LogP contribution < -0.4 is 10.6 Å². The lowest BCUT2D eigenvalue weighted by Crippen LogP contribution is -2.40. The maximum absolute atomic E-state index is 6.14. The Labute approximate surface area is 124 Å². The number of thioether (sulfide) groups is 1. The van der Waals surface area contributed by atoms with Crippen LogP contribution in [0.5, 0.6) is 0 Å². The van der Waals surface area contributed by atoms with Crippen molar-refractivity contribution in [3.05, 3.63) is 11.2 Å². The topological polar surface area (TPSA) is 49.8 Å². The summed E-state index contributed by atoms with van der Waals surface area (Å²) in [7, 11) is 0. The van der Waals surface area contributed by atoms with E-state index < -0.39 is 0 Å². The molecule has 19 heavy (non-hydrogen) atoms. The van der Waals surface area contributed by atoms with E-state index in [1.807, 2.05) is 11.8 Å². The molecule has 4 nitrogen and oxygen atoms in total. The fourth-order valence-electron chi connectivity index (χ4n) is 2.08. The van der Waals surface area contributed by atoms with Gasteiger partial charge in [-0.1, -0.05) is 24.9 Å². The predicted octanol–water partition coefficient (Wildman–Crippen LogP) is 3.65. The van der Waals surface area contributed by atoms with E-state index in [4.69, 9.17) is 11.6 Å². The summed E-state index contributed by atoms with van der Waals surface area (Å²) in [6.07, 6.45) is 8.74. The van der Waals surface area contributed by atoms with Gasteiger partial charge in [0, 0.05) is 17.8 Å². The molecule has 1 fully saturated rings. The molecule has 1 saturated carbocycles. The van der Waals surface area contributed by atoms with E-state index in [-0.39, 0.29) is 0 Å². The molecule has 1 aromatic rings. The van der Waals surface area contributed by atoms with E-state index in [1.54, 1.807) is 6.20 Å². The van der Waals surface area contributed by atoms with Crippen LogP contribution in [0.2, 0.25) is 5.02 Å². The predicted molar refractivity (Wildman–Crippen MR) is 84.4 cm³/mol. The molecule has 106 valence electrons. The fourth-order valence-corrected chi connectivity index (χ4v) is 3.15. The minimum absolute atomic E-state index is 0.366. The van der Waals surface area contributed by atoms with Crippen LogP contribution in [-0.4, -0.2) is 34.1 Å². The Morgan fingerprint density at radius 2 is 2.21 bits per heavy atom. The lowest BCUT2D eigenvalue weighted by molar-refractivity contribution is 0.379. The average Bonchev–Trinajstić information content (AvgIpc) is 2.38. The summed E-state index contributed by atoms with van der Waals surface area (Å²) < 4.78 is 0.366. The summed E-state index contributed by atoms with van der Waals surface area (Å²) in [6.45, 7) is 3.90. The van der Waals surface area contributed by atoms with Gasteiger partial charge >= 0.3 is 0 Å². The Bertz CT molecular complexity index is 418. The third-order valence-corrected chi connectivity index (χ3v) is 5.25. The largest absolute Gasteiger partial charge is 0.367 e. The molecule has 0 bridgehead atoms. The van der Waals surface area contributed by atoms with Crippen molar-refractivity contribution in [2.75, 3.05) is 30.0 Å². The average molecular weight is 301 g/mol. The van der Waals surface area contributed by atoms with E-state index in [0.717, 1.165) is 25.3 Å². The van der Waals surface area contributed by atoms with Crippen LogP contribution >= 0.6 is 23.4 Å². The van der Waals surface area contributed by atoms with Crippen LogP contribution in [0.1, 0.15) is 32.6 Å². The van der Waals surface area contributed by atoms with E-state index in [1.165, 1.54) is 19.3 Å². The number of nitrogens with one attached hydrogen (secondary N) is 2. The quantitative estimate of drug-likeness (QED) is 0.805. The van der Waals surface area contributed by atoms with Gasteiger partial charge in [0.2, 0.25) is 5.95 Å². The normalized spacial score (nSPS) is 16.8. The zero-order valence-corrected chi connectivity index (χ0v) is 13.1. The first kappa shape index (κ1) is 14.7. The lowest BCUT2D eigenvalue weighted by atomic mass is 9.84. The summed E-state index contributed by atoms with van der Waals surface area (Å²) in [5.41, 5.74) is 0. The number of halogens is 1. The van der Waals surface area contributed by atoms with Crippen LogP contribution in [-0.2, 0) is 0 Å². The van der Waals surface area contributed by atoms with E-state index in [0.29, 0.717) is 15.7 Å². The van der Waals surface area contributed by atoms with Crippen molar-refractivity contribution in [2.24, 2.45) is 0 Å². The molecular weight excluding hydrogens is 280 g/mol. The van der Waals surface area contributed by atoms with Crippen LogP contribution in [0.3, 0.4) is 0 Å². The molecule has 0 aromatic carbocycles. The Kier molecular flexibility index (Phi) is 5.16. The molecular formula is C13H21ClN4S. The first-order valence-corrected chi connectivity index (χ1v) is 8.35. The van der Waals surface area contributed by atoms with Gasteiger partial charge in [-0.3, -0.25) is 0 Å². The maximum Gasteiger partial charge on any atom is 0.224 e. The van der Waals surface area contributed by atoms with Crippen molar-refractivity contribution in [2.45, 2.75) is 37.4 Å². The first-order chi connectivity index (χ1) is 9.19. The Hall–Kier alpha value is -0.680. The van der Waals surface area contributed by atoms with Gasteiger partial charge in [-0.05, 0) is 25.5 Å². The smallest absolute Gasteiger partial charge is 0.224 e. The van der Waals surface area contributed by atoms with Crippen LogP contribution in [0, 0.1) is 0 Å². The van der Waals surface area contributed by atoms with Crippen molar-refractivity contribution in [1.29, 1.82) is 0 Å². The summed E-state index contributed by atoms with van der Waals surface area (Å²) in [5, 5.41) is 7.14. The van der Waals surface area contributed by atoms with Gasteiger partial charge in [-0.2, -0.15) is 16.7 Å². The highest BCUT2D eigenvalue weighted by Gasteiger charge is 2.36. The van der Waals surface area contributed by atoms with Gasteiger partial charge in [-0.15, -0.1) is 0 Å². The maximum atomic E-state index is 6.14. The molecule has 0 amide bonds. The highest BCUT2D eigenvalue weighted by molar-refractivity contribution is 8.00. The molecule has 1 aliphatic carbocycles. The van der Waals surface area contributed by atoms with Crippen LogP contribution in [0.25, 0.3) is 0 Å². The SMILES string of the molecule is CCCNc1ncc(Cl)c(NCC2(SC)CCC2)n1. The lowest BCUT2D eigenvalue weighted by Gasteiger charge is -2.40. The zero-order chi connectivity index (χ0) is 13.7. The van der Waals surface area contributed by atoms with Gasteiger partial charge in [-0.25, -0.2) is 4.98 Å².